The topological polar surface area (TPSA) is 3.24 Å². The zero-order valence-electron chi connectivity index (χ0n) is 35.3. The summed E-state index contributed by atoms with van der Waals surface area (Å²) in [6.07, 6.45) is 0. The minimum absolute atomic E-state index is 0.498. The summed E-state index contributed by atoms with van der Waals surface area (Å²) in [6, 6.07) is 89.1. The molecule has 1 aliphatic heterocycles. The van der Waals surface area contributed by atoms with Gasteiger partial charge in [0.2, 0.25) is 0 Å². The van der Waals surface area contributed by atoms with Crippen LogP contribution in [0.4, 0.5) is 17.1 Å². The lowest BCUT2D eigenvalue weighted by Gasteiger charge is -2.40. The van der Waals surface area contributed by atoms with Gasteiger partial charge in [-0.3, -0.25) is 0 Å². The van der Waals surface area contributed by atoms with Crippen LogP contribution < -0.4 is 4.90 Å². The molecule has 11 aromatic rings. The Balaban J connectivity index is 1.08. The van der Waals surface area contributed by atoms with Crippen LogP contribution in [-0.4, -0.2) is 0 Å². The van der Waals surface area contributed by atoms with Crippen molar-refractivity contribution in [3.05, 3.63) is 281 Å². The summed E-state index contributed by atoms with van der Waals surface area (Å²) < 4.78 is 2.57. The highest BCUT2D eigenvalue weighted by Gasteiger charge is 2.51. The molecule has 0 saturated heterocycles. The SMILES string of the molecule is c1ccc(C2(c3ccccc3)c3ccccc3-c3ccc(N(c4ccc5c(c4)C4(c6ccccc6S5)c5ccccc5-c5ccccc54)c4cccc5sc6ccccc6c45)cc32)cc1. The van der Waals surface area contributed by atoms with Gasteiger partial charge >= 0.3 is 0 Å². The van der Waals surface area contributed by atoms with Crippen LogP contribution in [0, 0.1) is 0 Å². The lowest BCUT2D eigenvalue weighted by atomic mass is 9.67. The average molecular weight is 862 g/mol. The van der Waals surface area contributed by atoms with E-state index < -0.39 is 10.8 Å². The summed E-state index contributed by atoms with van der Waals surface area (Å²) in [4.78, 5) is 5.16. The molecule has 3 aliphatic rings. The van der Waals surface area contributed by atoms with Crippen LogP contribution in [0.3, 0.4) is 0 Å². The van der Waals surface area contributed by atoms with Gasteiger partial charge in [-0.25, -0.2) is 0 Å². The number of fused-ring (bicyclic) bond motifs is 15. The Morgan fingerprint density at radius 1 is 0.323 bits per heavy atom. The van der Waals surface area contributed by atoms with Crippen molar-refractivity contribution < 1.29 is 0 Å². The molecule has 304 valence electrons. The lowest BCUT2D eigenvalue weighted by Crippen LogP contribution is -2.32. The fourth-order valence-electron chi connectivity index (χ4n) is 11.9. The van der Waals surface area contributed by atoms with Crippen molar-refractivity contribution in [3.63, 3.8) is 0 Å². The summed E-state index contributed by atoms with van der Waals surface area (Å²) in [5.41, 5.74) is 18.0. The van der Waals surface area contributed by atoms with Crippen LogP contribution >= 0.6 is 23.1 Å². The Labute approximate surface area is 386 Å². The summed E-state index contributed by atoms with van der Waals surface area (Å²) in [5.74, 6) is 0. The standard InChI is InChI=1S/C62H39NS2/c1-3-18-40(19-4-1)61(41-20-5-2-6-21-41)49-26-11-7-24-46(49)47-36-34-42(38-53(47)61)63(55-30-17-33-59-60(55)48-25-10-15-31-56(48)64-59)43-35-37-58-54(39-43)62(52-29-14-16-32-57(52)65-58)50-27-12-8-22-44(50)45-23-9-13-28-51(45)62/h1-39H. The Morgan fingerprint density at radius 3 is 1.49 bits per heavy atom. The van der Waals surface area contributed by atoms with Gasteiger partial charge in [-0.2, -0.15) is 0 Å². The predicted molar refractivity (Wildman–Crippen MR) is 273 cm³/mol. The maximum atomic E-state index is 2.57. The van der Waals surface area contributed by atoms with Crippen molar-refractivity contribution in [1.82, 2.24) is 0 Å². The second-order valence-electron chi connectivity index (χ2n) is 17.5. The number of thiophene rings is 1. The van der Waals surface area contributed by atoms with E-state index in [1.165, 1.54) is 102 Å². The fourth-order valence-corrected chi connectivity index (χ4v) is 14.2. The quantitative estimate of drug-likeness (QED) is 0.170. The van der Waals surface area contributed by atoms with E-state index >= 15 is 0 Å². The number of benzene rings is 10. The Morgan fingerprint density at radius 2 is 0.815 bits per heavy atom. The molecule has 0 fully saturated rings. The van der Waals surface area contributed by atoms with Gasteiger partial charge in [0.25, 0.3) is 0 Å². The zero-order chi connectivity index (χ0) is 42.7. The van der Waals surface area contributed by atoms with E-state index in [0.29, 0.717) is 0 Å². The molecule has 0 atom stereocenters. The Bertz CT molecular complexity index is 3630. The van der Waals surface area contributed by atoms with Gasteiger partial charge in [-0.1, -0.05) is 194 Å². The largest absolute Gasteiger partial charge is 0.310 e. The van der Waals surface area contributed by atoms with Crippen LogP contribution in [0.15, 0.2) is 246 Å². The third-order valence-corrected chi connectivity index (χ3v) is 16.7. The van der Waals surface area contributed by atoms with E-state index in [0.717, 1.165) is 11.4 Å². The molecular weight excluding hydrogens is 823 g/mol. The van der Waals surface area contributed by atoms with Crippen molar-refractivity contribution in [1.29, 1.82) is 0 Å². The van der Waals surface area contributed by atoms with E-state index in [4.69, 9.17) is 0 Å². The monoisotopic (exact) mass is 861 g/mol. The first-order valence-corrected chi connectivity index (χ1v) is 24.0. The van der Waals surface area contributed by atoms with Crippen molar-refractivity contribution in [2.45, 2.75) is 20.6 Å². The number of anilines is 3. The molecule has 0 radical (unpaired) electrons. The molecule has 14 rings (SSSR count). The van der Waals surface area contributed by atoms with E-state index in [1.807, 2.05) is 23.1 Å². The molecule has 0 saturated carbocycles. The fraction of sp³-hybridized carbons (Fsp3) is 0.0323. The van der Waals surface area contributed by atoms with Gasteiger partial charge in [-0.15, -0.1) is 11.3 Å². The first-order valence-electron chi connectivity index (χ1n) is 22.4. The summed E-state index contributed by atoms with van der Waals surface area (Å²) in [5, 5.41) is 2.56. The van der Waals surface area contributed by atoms with Gasteiger partial charge in [0, 0.05) is 41.3 Å². The number of hydrogen-bond acceptors (Lipinski definition) is 3. The van der Waals surface area contributed by atoms with E-state index in [2.05, 4.69) is 241 Å². The Hall–Kier alpha value is -7.43. The van der Waals surface area contributed by atoms with Crippen LogP contribution in [0.1, 0.15) is 44.5 Å². The number of nitrogens with zero attached hydrogens (tertiary/aromatic N) is 1. The second-order valence-corrected chi connectivity index (χ2v) is 19.6. The number of rotatable bonds is 5. The summed E-state index contributed by atoms with van der Waals surface area (Å²) in [6.45, 7) is 0. The van der Waals surface area contributed by atoms with Gasteiger partial charge in [0.1, 0.15) is 0 Å². The molecule has 65 heavy (non-hydrogen) atoms. The van der Waals surface area contributed by atoms with E-state index in [1.54, 1.807) is 0 Å². The molecule has 1 nitrogen and oxygen atoms in total. The normalized spacial score (nSPS) is 14.3. The van der Waals surface area contributed by atoms with Gasteiger partial charge in [0.05, 0.1) is 16.5 Å². The molecule has 0 unspecified atom stereocenters. The van der Waals surface area contributed by atoms with Gasteiger partial charge in [-0.05, 0) is 121 Å². The second kappa shape index (κ2) is 14.0. The highest BCUT2D eigenvalue weighted by Crippen LogP contribution is 2.63. The molecule has 0 amide bonds. The smallest absolute Gasteiger partial charge is 0.0736 e. The average Bonchev–Trinajstić information content (AvgIpc) is 4.00. The first-order chi connectivity index (χ1) is 32.2. The van der Waals surface area contributed by atoms with Crippen molar-refractivity contribution in [3.8, 4) is 22.3 Å². The van der Waals surface area contributed by atoms with Gasteiger partial charge in [0.15, 0.2) is 0 Å². The van der Waals surface area contributed by atoms with Crippen LogP contribution in [0.25, 0.3) is 42.4 Å². The molecule has 3 heteroatoms. The summed E-state index contributed by atoms with van der Waals surface area (Å²) >= 11 is 3.77. The maximum absolute atomic E-state index is 2.57. The van der Waals surface area contributed by atoms with E-state index in [9.17, 15) is 0 Å². The van der Waals surface area contributed by atoms with Crippen molar-refractivity contribution in [2.75, 3.05) is 4.90 Å². The molecule has 0 N–H and O–H groups in total. The lowest BCUT2D eigenvalue weighted by molar-refractivity contribution is 0.722. The zero-order valence-corrected chi connectivity index (χ0v) is 36.9. The number of hydrogen-bond donors (Lipinski definition) is 0. The maximum Gasteiger partial charge on any atom is 0.0736 e. The van der Waals surface area contributed by atoms with Crippen molar-refractivity contribution in [2.24, 2.45) is 0 Å². The minimum Gasteiger partial charge on any atom is -0.310 e. The Kier molecular flexibility index (Phi) is 7.99. The van der Waals surface area contributed by atoms with Crippen LogP contribution in [-0.2, 0) is 10.8 Å². The summed E-state index contributed by atoms with van der Waals surface area (Å²) in [7, 11) is 0. The highest BCUT2D eigenvalue weighted by atomic mass is 32.2. The highest BCUT2D eigenvalue weighted by molar-refractivity contribution is 7.99. The molecule has 2 heterocycles. The van der Waals surface area contributed by atoms with E-state index in [-0.39, 0.29) is 0 Å². The molecule has 2 aliphatic carbocycles. The molecule has 1 aromatic heterocycles. The minimum atomic E-state index is -0.533. The molecule has 0 bridgehead atoms. The van der Waals surface area contributed by atoms with Crippen LogP contribution in [0.2, 0.25) is 0 Å². The van der Waals surface area contributed by atoms with Gasteiger partial charge < -0.3 is 4.90 Å². The van der Waals surface area contributed by atoms with Crippen LogP contribution in [0.5, 0.6) is 0 Å². The molecular formula is C62H39NS2. The van der Waals surface area contributed by atoms with Crippen molar-refractivity contribution >= 4 is 60.3 Å². The predicted octanol–water partition coefficient (Wildman–Crippen LogP) is 16.7. The molecule has 10 aromatic carbocycles. The third-order valence-electron chi connectivity index (χ3n) is 14.4. The molecule has 1 spiro atoms. The third kappa shape index (κ3) is 5.00. The first kappa shape index (κ1) is 37.0.